The van der Waals surface area contributed by atoms with E-state index in [0.717, 1.165) is 12.5 Å². The largest absolute Gasteiger partial charge is 0.317 e. The minimum atomic E-state index is 1.02. The second-order valence-corrected chi connectivity index (χ2v) is 6.20. The van der Waals surface area contributed by atoms with Gasteiger partial charge in [0, 0.05) is 0 Å². The van der Waals surface area contributed by atoms with E-state index in [1.807, 2.05) is 0 Å². The van der Waals surface area contributed by atoms with E-state index in [2.05, 4.69) is 24.1 Å². The molecule has 2 nitrogen and oxygen atoms in total. The molecule has 0 saturated carbocycles. The zero-order valence-corrected chi connectivity index (χ0v) is 13.4. The molecule has 19 heavy (non-hydrogen) atoms. The fourth-order valence-electron chi connectivity index (χ4n) is 3.26. The summed E-state index contributed by atoms with van der Waals surface area (Å²) in [6.45, 7) is 10.9. The smallest absolute Gasteiger partial charge is 0.00161 e. The molecule has 0 aromatic heterocycles. The van der Waals surface area contributed by atoms with Gasteiger partial charge in [-0.3, -0.25) is 0 Å². The maximum atomic E-state index is 3.40. The third kappa shape index (κ3) is 8.65. The molecule has 1 rings (SSSR count). The van der Waals surface area contributed by atoms with Gasteiger partial charge < -0.3 is 10.2 Å². The number of nitrogens with one attached hydrogen (secondary N) is 1. The Hall–Kier alpha value is -0.0800. The minimum absolute atomic E-state index is 1.02. The molecule has 1 aliphatic rings. The predicted octanol–water partition coefficient (Wildman–Crippen LogP) is 4.06. The minimum Gasteiger partial charge on any atom is -0.317 e. The van der Waals surface area contributed by atoms with Gasteiger partial charge in [0.2, 0.25) is 0 Å². The zero-order chi connectivity index (χ0) is 13.8. The van der Waals surface area contributed by atoms with Crippen LogP contribution in [-0.4, -0.2) is 37.6 Å². The van der Waals surface area contributed by atoms with Gasteiger partial charge in [-0.25, -0.2) is 0 Å². The van der Waals surface area contributed by atoms with Crippen LogP contribution in [0.4, 0.5) is 0 Å². The van der Waals surface area contributed by atoms with Gasteiger partial charge in [0.1, 0.15) is 0 Å². The van der Waals surface area contributed by atoms with Crippen LogP contribution in [0.1, 0.15) is 71.6 Å². The van der Waals surface area contributed by atoms with Crippen molar-refractivity contribution in [2.75, 3.05) is 32.7 Å². The van der Waals surface area contributed by atoms with Crippen LogP contribution in [0.5, 0.6) is 0 Å². The van der Waals surface area contributed by atoms with E-state index in [-0.39, 0.29) is 0 Å². The summed E-state index contributed by atoms with van der Waals surface area (Å²) in [7, 11) is 0. The van der Waals surface area contributed by atoms with Gasteiger partial charge in [-0.15, -0.1) is 0 Å². The summed E-state index contributed by atoms with van der Waals surface area (Å²) in [5, 5.41) is 3.40. The molecule has 1 atom stereocenters. The fraction of sp³-hybridized carbons (Fsp3) is 1.00. The quantitative estimate of drug-likeness (QED) is 0.601. The number of unbranched alkanes of at least 4 members (excludes halogenated alkanes) is 3. The molecule has 0 spiro atoms. The molecule has 0 aliphatic carbocycles. The SMILES string of the molecule is CCCC1CCCN(CCCCCCNCC)CC1. The number of likely N-dealkylation sites (tertiary alicyclic amines) is 1. The van der Waals surface area contributed by atoms with E-state index in [1.54, 1.807) is 0 Å². The second-order valence-electron chi connectivity index (χ2n) is 6.20. The summed E-state index contributed by atoms with van der Waals surface area (Å²) >= 11 is 0. The Morgan fingerprint density at radius 2 is 1.84 bits per heavy atom. The molecule has 0 aromatic carbocycles. The lowest BCUT2D eigenvalue weighted by Crippen LogP contribution is -2.26. The topological polar surface area (TPSA) is 15.3 Å². The first-order valence-corrected chi connectivity index (χ1v) is 8.79. The third-order valence-electron chi connectivity index (χ3n) is 4.47. The Morgan fingerprint density at radius 1 is 1.00 bits per heavy atom. The van der Waals surface area contributed by atoms with Gasteiger partial charge in [-0.1, -0.05) is 39.5 Å². The van der Waals surface area contributed by atoms with Crippen LogP contribution in [0.2, 0.25) is 0 Å². The first-order valence-electron chi connectivity index (χ1n) is 8.79. The number of nitrogens with zero attached hydrogens (tertiary/aromatic N) is 1. The standard InChI is InChI=1S/C17H36N2/c1-3-10-17-11-9-15-19(16-12-17)14-8-6-5-7-13-18-4-2/h17-18H,3-16H2,1-2H3. The highest BCUT2D eigenvalue weighted by Gasteiger charge is 2.15. The van der Waals surface area contributed by atoms with Crippen LogP contribution in [0.3, 0.4) is 0 Å². The van der Waals surface area contributed by atoms with Crippen molar-refractivity contribution in [3.05, 3.63) is 0 Å². The fourth-order valence-corrected chi connectivity index (χ4v) is 3.26. The molecule has 2 heteroatoms. The molecule has 114 valence electrons. The molecule has 1 unspecified atom stereocenters. The Kier molecular flexibility index (Phi) is 10.5. The van der Waals surface area contributed by atoms with Crippen molar-refractivity contribution in [2.24, 2.45) is 5.92 Å². The van der Waals surface area contributed by atoms with E-state index in [9.17, 15) is 0 Å². The van der Waals surface area contributed by atoms with Gasteiger partial charge in [-0.2, -0.15) is 0 Å². The Morgan fingerprint density at radius 3 is 2.63 bits per heavy atom. The Balaban J connectivity index is 1.97. The molecule has 0 bridgehead atoms. The van der Waals surface area contributed by atoms with Crippen molar-refractivity contribution in [1.82, 2.24) is 10.2 Å². The molecule has 1 saturated heterocycles. The summed E-state index contributed by atoms with van der Waals surface area (Å²) in [5.41, 5.74) is 0. The predicted molar refractivity (Wildman–Crippen MR) is 85.7 cm³/mol. The van der Waals surface area contributed by atoms with E-state index >= 15 is 0 Å². The van der Waals surface area contributed by atoms with Crippen molar-refractivity contribution in [1.29, 1.82) is 0 Å². The van der Waals surface area contributed by atoms with Crippen molar-refractivity contribution >= 4 is 0 Å². The molecule has 1 heterocycles. The molecule has 0 aromatic rings. The highest BCUT2D eigenvalue weighted by Crippen LogP contribution is 2.22. The molecule has 0 radical (unpaired) electrons. The maximum absolute atomic E-state index is 3.40. The summed E-state index contributed by atoms with van der Waals surface area (Å²) in [6.07, 6.45) is 12.8. The molecule has 0 amide bonds. The van der Waals surface area contributed by atoms with Gasteiger partial charge in [0.05, 0.1) is 0 Å². The third-order valence-corrected chi connectivity index (χ3v) is 4.47. The number of rotatable bonds is 10. The average Bonchev–Trinajstić information content (AvgIpc) is 2.64. The Labute approximate surface area is 121 Å². The highest BCUT2D eigenvalue weighted by molar-refractivity contribution is 4.70. The summed E-state index contributed by atoms with van der Waals surface area (Å²) < 4.78 is 0. The lowest BCUT2D eigenvalue weighted by atomic mass is 9.96. The van der Waals surface area contributed by atoms with Crippen molar-refractivity contribution in [2.45, 2.75) is 71.6 Å². The van der Waals surface area contributed by atoms with Crippen LogP contribution >= 0.6 is 0 Å². The van der Waals surface area contributed by atoms with Crippen LogP contribution in [-0.2, 0) is 0 Å². The molecule has 1 N–H and O–H groups in total. The summed E-state index contributed by atoms with van der Waals surface area (Å²) in [6, 6.07) is 0. The molecule has 1 fully saturated rings. The average molecular weight is 268 g/mol. The van der Waals surface area contributed by atoms with Crippen LogP contribution in [0.15, 0.2) is 0 Å². The van der Waals surface area contributed by atoms with Gasteiger partial charge in [0.15, 0.2) is 0 Å². The first-order chi connectivity index (χ1) is 9.36. The van der Waals surface area contributed by atoms with E-state index in [1.165, 1.54) is 84.0 Å². The van der Waals surface area contributed by atoms with Gasteiger partial charge in [0.25, 0.3) is 0 Å². The number of hydrogen-bond acceptors (Lipinski definition) is 2. The van der Waals surface area contributed by atoms with E-state index < -0.39 is 0 Å². The van der Waals surface area contributed by atoms with Crippen molar-refractivity contribution in [3.63, 3.8) is 0 Å². The Bertz CT molecular complexity index is 194. The van der Waals surface area contributed by atoms with Crippen molar-refractivity contribution in [3.8, 4) is 0 Å². The molecular weight excluding hydrogens is 232 g/mol. The van der Waals surface area contributed by atoms with Crippen molar-refractivity contribution < 1.29 is 0 Å². The van der Waals surface area contributed by atoms with E-state index in [4.69, 9.17) is 0 Å². The second kappa shape index (κ2) is 11.7. The van der Waals surface area contributed by atoms with Crippen LogP contribution < -0.4 is 5.32 Å². The normalized spacial score (nSPS) is 21.5. The van der Waals surface area contributed by atoms with Gasteiger partial charge >= 0.3 is 0 Å². The summed E-state index contributed by atoms with van der Waals surface area (Å²) in [5.74, 6) is 1.02. The zero-order valence-electron chi connectivity index (χ0n) is 13.4. The maximum Gasteiger partial charge on any atom is -0.00161 e. The number of hydrogen-bond donors (Lipinski definition) is 1. The van der Waals surface area contributed by atoms with E-state index in [0.29, 0.717) is 0 Å². The lowest BCUT2D eigenvalue weighted by molar-refractivity contribution is 0.272. The highest BCUT2D eigenvalue weighted by atomic mass is 15.1. The molecular formula is C17H36N2. The molecule has 1 aliphatic heterocycles. The lowest BCUT2D eigenvalue weighted by Gasteiger charge is -2.20. The van der Waals surface area contributed by atoms with Gasteiger partial charge in [-0.05, 0) is 70.7 Å². The van der Waals surface area contributed by atoms with Crippen LogP contribution in [0.25, 0.3) is 0 Å². The first kappa shape index (κ1) is 17.0. The summed E-state index contributed by atoms with van der Waals surface area (Å²) in [4.78, 5) is 2.72. The monoisotopic (exact) mass is 268 g/mol. The van der Waals surface area contributed by atoms with Crippen LogP contribution in [0, 0.1) is 5.92 Å².